The summed E-state index contributed by atoms with van der Waals surface area (Å²) in [5, 5.41) is 2.96. The van der Waals surface area contributed by atoms with Crippen LogP contribution in [0, 0.1) is 5.82 Å². The molecule has 2 heterocycles. The Bertz CT molecular complexity index is 670. The van der Waals surface area contributed by atoms with E-state index in [-0.39, 0.29) is 11.7 Å². The number of hydrogen-bond acceptors (Lipinski definition) is 2. The first kappa shape index (κ1) is 17.4. The fourth-order valence-corrected chi connectivity index (χ4v) is 3.11. The highest BCUT2D eigenvalue weighted by Gasteiger charge is 2.26. The number of pyridine rings is 1. The first-order valence-corrected chi connectivity index (χ1v) is 8.77. The van der Waals surface area contributed by atoms with Crippen molar-refractivity contribution in [3.05, 3.63) is 60.0 Å². The Hall–Kier alpha value is -2.47. The third-order valence-corrected chi connectivity index (χ3v) is 4.56. The quantitative estimate of drug-likeness (QED) is 0.756. The molecule has 132 valence electrons. The lowest BCUT2D eigenvalue weighted by Gasteiger charge is -2.27. The molecule has 1 aromatic carbocycles. The summed E-state index contributed by atoms with van der Waals surface area (Å²) in [6.07, 6.45) is 2.65. The molecule has 0 bridgehead atoms. The number of anilines is 1. The van der Waals surface area contributed by atoms with Crippen molar-refractivity contribution in [2.24, 2.45) is 0 Å². The Morgan fingerprint density at radius 3 is 2.60 bits per heavy atom. The van der Waals surface area contributed by atoms with Crippen molar-refractivity contribution in [2.45, 2.75) is 6.42 Å². The van der Waals surface area contributed by atoms with Gasteiger partial charge in [-0.05, 0) is 30.2 Å². The number of carbonyl (C=O) groups excluding carboxylic acids is 1. The predicted octanol–water partition coefficient (Wildman–Crippen LogP) is -0.296. The number of quaternary nitrogens is 1. The lowest BCUT2D eigenvalue weighted by molar-refractivity contribution is -0.892. The molecule has 0 saturated carbocycles. The molecule has 1 fully saturated rings. The SMILES string of the molecule is O=C(C[NH+]1CCN(c2cccc[nH+]2)CC1)NCCc1ccc(F)cc1. The number of piperazine rings is 1. The predicted molar refractivity (Wildman–Crippen MR) is 93.9 cm³/mol. The van der Waals surface area contributed by atoms with Gasteiger partial charge in [-0.3, -0.25) is 9.69 Å². The highest BCUT2D eigenvalue weighted by Crippen LogP contribution is 2.04. The second kappa shape index (κ2) is 8.58. The normalized spacial score (nSPS) is 15.2. The molecule has 3 N–H and O–H groups in total. The summed E-state index contributed by atoms with van der Waals surface area (Å²) in [5.74, 6) is 0.978. The minimum atomic E-state index is -0.233. The Labute approximate surface area is 147 Å². The van der Waals surface area contributed by atoms with Gasteiger partial charge in [-0.15, -0.1) is 0 Å². The number of H-pyrrole nitrogens is 1. The number of nitrogens with zero attached hydrogens (tertiary/aromatic N) is 1. The van der Waals surface area contributed by atoms with Crippen molar-refractivity contribution in [3.8, 4) is 0 Å². The number of halogens is 1. The third kappa shape index (κ3) is 5.26. The van der Waals surface area contributed by atoms with E-state index in [1.807, 2.05) is 18.3 Å². The molecule has 0 radical (unpaired) electrons. The number of benzene rings is 1. The Morgan fingerprint density at radius 2 is 1.92 bits per heavy atom. The molecule has 0 unspecified atom stereocenters. The summed E-state index contributed by atoms with van der Waals surface area (Å²) in [5.41, 5.74) is 1.03. The second-order valence-corrected chi connectivity index (χ2v) is 6.39. The highest BCUT2D eigenvalue weighted by atomic mass is 19.1. The maximum absolute atomic E-state index is 12.9. The van der Waals surface area contributed by atoms with Crippen molar-refractivity contribution < 1.29 is 19.1 Å². The van der Waals surface area contributed by atoms with Crippen molar-refractivity contribution in [2.75, 3.05) is 44.2 Å². The van der Waals surface area contributed by atoms with Gasteiger partial charge in [-0.1, -0.05) is 18.2 Å². The highest BCUT2D eigenvalue weighted by molar-refractivity contribution is 5.76. The molecular weight excluding hydrogens is 319 g/mol. The maximum Gasteiger partial charge on any atom is 0.275 e. The molecule has 1 aromatic heterocycles. The molecule has 25 heavy (non-hydrogen) atoms. The third-order valence-electron chi connectivity index (χ3n) is 4.56. The second-order valence-electron chi connectivity index (χ2n) is 6.39. The topological polar surface area (TPSA) is 50.9 Å². The van der Waals surface area contributed by atoms with Gasteiger partial charge in [0, 0.05) is 12.6 Å². The van der Waals surface area contributed by atoms with Crippen molar-refractivity contribution in [1.82, 2.24) is 5.32 Å². The molecule has 0 spiro atoms. The lowest BCUT2D eigenvalue weighted by Crippen LogP contribution is -3.16. The summed E-state index contributed by atoms with van der Waals surface area (Å²) in [6.45, 7) is 4.89. The van der Waals surface area contributed by atoms with Crippen LogP contribution in [0.1, 0.15) is 5.56 Å². The number of amides is 1. The van der Waals surface area contributed by atoms with E-state index < -0.39 is 0 Å². The van der Waals surface area contributed by atoms with E-state index in [4.69, 9.17) is 0 Å². The van der Waals surface area contributed by atoms with E-state index in [9.17, 15) is 9.18 Å². The minimum absolute atomic E-state index is 0.0804. The van der Waals surface area contributed by atoms with Gasteiger partial charge >= 0.3 is 0 Å². The van der Waals surface area contributed by atoms with Crippen LogP contribution in [-0.4, -0.2) is 45.2 Å². The number of aromatic amines is 1. The van der Waals surface area contributed by atoms with E-state index in [1.165, 1.54) is 17.0 Å². The van der Waals surface area contributed by atoms with Gasteiger partial charge in [0.25, 0.3) is 11.7 Å². The molecule has 1 aliphatic rings. The average Bonchev–Trinajstić information content (AvgIpc) is 2.65. The zero-order valence-corrected chi connectivity index (χ0v) is 14.3. The summed E-state index contributed by atoms with van der Waals surface area (Å²) in [7, 11) is 0. The smallest absolute Gasteiger partial charge is 0.275 e. The minimum Gasteiger partial charge on any atom is -0.351 e. The number of nitrogens with one attached hydrogen (secondary N) is 3. The number of carbonyl (C=O) groups is 1. The summed E-state index contributed by atoms with van der Waals surface area (Å²) >= 11 is 0. The van der Waals surface area contributed by atoms with Crippen LogP contribution in [0.15, 0.2) is 48.7 Å². The van der Waals surface area contributed by atoms with Crippen molar-refractivity contribution in [3.63, 3.8) is 0 Å². The Balaban J connectivity index is 1.35. The number of hydrogen-bond donors (Lipinski definition) is 2. The van der Waals surface area contributed by atoms with E-state index in [1.54, 1.807) is 12.1 Å². The fraction of sp³-hybridized carbons (Fsp3) is 0.368. The molecule has 1 saturated heterocycles. The molecule has 0 atom stereocenters. The Kier molecular flexibility index (Phi) is 5.95. The zero-order valence-electron chi connectivity index (χ0n) is 14.3. The molecule has 3 rings (SSSR count). The first-order valence-electron chi connectivity index (χ1n) is 8.77. The zero-order chi connectivity index (χ0) is 17.5. The first-order chi connectivity index (χ1) is 12.2. The van der Waals surface area contributed by atoms with Crippen LogP contribution in [0.4, 0.5) is 10.2 Å². The van der Waals surface area contributed by atoms with Crippen LogP contribution < -0.4 is 20.1 Å². The molecule has 1 aliphatic heterocycles. The van der Waals surface area contributed by atoms with Crippen LogP contribution in [0.5, 0.6) is 0 Å². The van der Waals surface area contributed by atoms with Gasteiger partial charge in [0.15, 0.2) is 6.54 Å². The molecule has 2 aromatic rings. The largest absolute Gasteiger partial charge is 0.351 e. The fourth-order valence-electron chi connectivity index (χ4n) is 3.11. The Morgan fingerprint density at radius 1 is 1.16 bits per heavy atom. The van der Waals surface area contributed by atoms with E-state index >= 15 is 0 Å². The maximum atomic E-state index is 12.9. The summed E-state index contributed by atoms with van der Waals surface area (Å²) < 4.78 is 12.9. The van der Waals surface area contributed by atoms with E-state index in [0.29, 0.717) is 13.1 Å². The van der Waals surface area contributed by atoms with Crippen LogP contribution in [0.2, 0.25) is 0 Å². The molecular formula is C19H25FN4O+2. The standard InChI is InChI=1S/C19H23FN4O/c20-17-6-4-16(5-7-17)8-10-22-19(25)15-23-11-13-24(14-12-23)18-3-1-2-9-21-18/h1-7,9H,8,10-15H2,(H,22,25)/p+2. The van der Waals surface area contributed by atoms with Crippen molar-refractivity contribution in [1.29, 1.82) is 0 Å². The van der Waals surface area contributed by atoms with Gasteiger partial charge in [0.2, 0.25) is 0 Å². The van der Waals surface area contributed by atoms with Crippen molar-refractivity contribution >= 4 is 11.7 Å². The molecule has 6 heteroatoms. The lowest BCUT2D eigenvalue weighted by atomic mass is 10.1. The van der Waals surface area contributed by atoms with Crippen LogP contribution in [0.3, 0.4) is 0 Å². The van der Waals surface area contributed by atoms with Gasteiger partial charge in [0.1, 0.15) is 32.0 Å². The molecule has 1 amide bonds. The van der Waals surface area contributed by atoms with E-state index in [0.717, 1.165) is 44.0 Å². The van der Waals surface area contributed by atoms with Gasteiger partial charge < -0.3 is 10.2 Å². The van der Waals surface area contributed by atoms with E-state index in [2.05, 4.69) is 21.3 Å². The number of rotatable bonds is 6. The van der Waals surface area contributed by atoms with Gasteiger partial charge in [0.05, 0.1) is 6.20 Å². The summed E-state index contributed by atoms with van der Waals surface area (Å²) in [6, 6.07) is 12.5. The number of aromatic nitrogens is 1. The average molecular weight is 344 g/mol. The molecule has 0 aliphatic carbocycles. The van der Waals surface area contributed by atoms with Crippen LogP contribution in [-0.2, 0) is 11.2 Å². The van der Waals surface area contributed by atoms with Crippen LogP contribution >= 0.6 is 0 Å². The van der Waals surface area contributed by atoms with Gasteiger partial charge in [-0.2, -0.15) is 0 Å². The summed E-state index contributed by atoms with van der Waals surface area (Å²) in [4.78, 5) is 19.0. The molecule has 5 nitrogen and oxygen atoms in total. The van der Waals surface area contributed by atoms with Crippen LogP contribution in [0.25, 0.3) is 0 Å². The monoisotopic (exact) mass is 344 g/mol. The van der Waals surface area contributed by atoms with Gasteiger partial charge in [-0.25, -0.2) is 9.37 Å².